The SMILES string of the molecule is O=C1c2ccccc2CCC1S(=O)(=O)c1ccc(F)cc1. The first-order valence-corrected chi connectivity index (χ1v) is 8.16. The van der Waals surface area contributed by atoms with Crippen LogP contribution in [0.4, 0.5) is 4.39 Å². The van der Waals surface area contributed by atoms with E-state index >= 15 is 0 Å². The van der Waals surface area contributed by atoms with Crippen LogP contribution in [0, 0.1) is 5.82 Å². The number of Topliss-reactive ketones (excluding diaryl/α,β-unsaturated/α-hetero) is 1. The van der Waals surface area contributed by atoms with E-state index in [0.717, 1.165) is 17.7 Å². The number of hydrogen-bond donors (Lipinski definition) is 0. The number of rotatable bonds is 2. The predicted octanol–water partition coefficient (Wildman–Crippen LogP) is 2.80. The summed E-state index contributed by atoms with van der Waals surface area (Å²) in [4.78, 5) is 12.4. The summed E-state index contributed by atoms with van der Waals surface area (Å²) in [5.41, 5.74) is 1.35. The van der Waals surface area contributed by atoms with Crippen molar-refractivity contribution >= 4 is 15.6 Å². The Bertz CT molecular complexity index is 795. The molecule has 0 spiro atoms. The van der Waals surface area contributed by atoms with Crippen LogP contribution in [0.5, 0.6) is 0 Å². The van der Waals surface area contributed by atoms with Crippen LogP contribution >= 0.6 is 0 Å². The average molecular weight is 304 g/mol. The summed E-state index contributed by atoms with van der Waals surface area (Å²) in [6.45, 7) is 0. The lowest BCUT2D eigenvalue weighted by Crippen LogP contribution is -2.35. The van der Waals surface area contributed by atoms with Crippen LogP contribution in [0.25, 0.3) is 0 Å². The maximum absolute atomic E-state index is 12.9. The molecule has 0 aliphatic heterocycles. The number of hydrogen-bond acceptors (Lipinski definition) is 3. The van der Waals surface area contributed by atoms with Crippen LogP contribution < -0.4 is 0 Å². The van der Waals surface area contributed by atoms with Crippen LogP contribution in [0.1, 0.15) is 22.3 Å². The summed E-state index contributed by atoms with van der Waals surface area (Å²) in [5.74, 6) is -0.879. The Labute approximate surface area is 122 Å². The van der Waals surface area contributed by atoms with Gasteiger partial charge in [0.05, 0.1) is 4.90 Å². The molecule has 0 saturated heterocycles. The molecule has 0 saturated carbocycles. The summed E-state index contributed by atoms with van der Waals surface area (Å²) in [6.07, 6.45) is 0.808. The highest BCUT2D eigenvalue weighted by atomic mass is 32.2. The van der Waals surface area contributed by atoms with E-state index in [1.807, 2.05) is 12.1 Å². The van der Waals surface area contributed by atoms with Crippen molar-refractivity contribution in [1.29, 1.82) is 0 Å². The zero-order chi connectivity index (χ0) is 15.0. The third-order valence-corrected chi connectivity index (χ3v) is 5.90. The van der Waals surface area contributed by atoms with Gasteiger partial charge < -0.3 is 0 Å². The van der Waals surface area contributed by atoms with Crippen molar-refractivity contribution in [1.82, 2.24) is 0 Å². The van der Waals surface area contributed by atoms with Gasteiger partial charge in [0.15, 0.2) is 15.6 Å². The molecule has 0 heterocycles. The smallest absolute Gasteiger partial charge is 0.188 e. The number of fused-ring (bicyclic) bond motifs is 1. The van der Waals surface area contributed by atoms with E-state index in [1.165, 1.54) is 12.1 Å². The zero-order valence-electron chi connectivity index (χ0n) is 11.1. The number of halogens is 1. The third kappa shape index (κ3) is 2.38. The van der Waals surface area contributed by atoms with E-state index in [1.54, 1.807) is 12.1 Å². The summed E-state index contributed by atoms with van der Waals surface area (Å²) >= 11 is 0. The molecule has 0 bridgehead atoms. The van der Waals surface area contributed by atoms with Gasteiger partial charge in [-0.25, -0.2) is 12.8 Å². The molecule has 0 aromatic heterocycles. The average Bonchev–Trinajstić information content (AvgIpc) is 2.48. The van der Waals surface area contributed by atoms with Crippen LogP contribution in [-0.4, -0.2) is 19.5 Å². The fourth-order valence-electron chi connectivity index (χ4n) is 2.65. The van der Waals surface area contributed by atoms with Crippen molar-refractivity contribution in [2.75, 3.05) is 0 Å². The van der Waals surface area contributed by atoms with Gasteiger partial charge in [0.25, 0.3) is 0 Å². The molecule has 0 fully saturated rings. The highest BCUT2D eigenvalue weighted by molar-refractivity contribution is 7.92. The fraction of sp³-hybridized carbons (Fsp3) is 0.188. The van der Waals surface area contributed by atoms with Gasteiger partial charge >= 0.3 is 0 Å². The van der Waals surface area contributed by atoms with Crippen molar-refractivity contribution in [3.05, 3.63) is 65.5 Å². The van der Waals surface area contributed by atoms with E-state index in [9.17, 15) is 17.6 Å². The Kier molecular flexibility index (Phi) is 3.37. The summed E-state index contributed by atoms with van der Waals surface area (Å²) in [7, 11) is -3.79. The van der Waals surface area contributed by atoms with E-state index in [2.05, 4.69) is 0 Å². The number of benzene rings is 2. The van der Waals surface area contributed by atoms with E-state index in [4.69, 9.17) is 0 Å². The van der Waals surface area contributed by atoms with Gasteiger partial charge in [-0.05, 0) is 42.7 Å². The predicted molar refractivity (Wildman–Crippen MR) is 76.5 cm³/mol. The highest BCUT2D eigenvalue weighted by Gasteiger charge is 2.37. The molecule has 3 rings (SSSR count). The van der Waals surface area contributed by atoms with Gasteiger partial charge in [0.2, 0.25) is 0 Å². The molecular weight excluding hydrogens is 291 g/mol. The minimum absolute atomic E-state index is 0.0124. The fourth-order valence-corrected chi connectivity index (χ4v) is 4.34. The maximum atomic E-state index is 12.9. The Morgan fingerprint density at radius 2 is 1.67 bits per heavy atom. The maximum Gasteiger partial charge on any atom is 0.188 e. The molecule has 0 radical (unpaired) electrons. The molecule has 0 N–H and O–H groups in total. The second kappa shape index (κ2) is 5.07. The first kappa shape index (κ1) is 13.9. The molecule has 2 aromatic carbocycles. The zero-order valence-corrected chi connectivity index (χ0v) is 11.9. The largest absolute Gasteiger partial charge is 0.293 e. The Balaban J connectivity index is 2.01. The van der Waals surface area contributed by atoms with Crippen molar-refractivity contribution in [2.45, 2.75) is 23.0 Å². The van der Waals surface area contributed by atoms with E-state index in [0.29, 0.717) is 12.0 Å². The minimum atomic E-state index is -3.79. The topological polar surface area (TPSA) is 51.2 Å². The van der Waals surface area contributed by atoms with Crippen LogP contribution in [0.3, 0.4) is 0 Å². The van der Waals surface area contributed by atoms with Gasteiger partial charge in [0.1, 0.15) is 11.1 Å². The van der Waals surface area contributed by atoms with Crippen LogP contribution in [0.15, 0.2) is 53.4 Å². The van der Waals surface area contributed by atoms with Crippen molar-refractivity contribution < 1.29 is 17.6 Å². The molecule has 5 heteroatoms. The molecule has 108 valence electrons. The van der Waals surface area contributed by atoms with Crippen molar-refractivity contribution in [3.63, 3.8) is 0 Å². The van der Waals surface area contributed by atoms with Gasteiger partial charge in [-0.2, -0.15) is 0 Å². The third-order valence-electron chi connectivity index (χ3n) is 3.77. The first-order chi connectivity index (χ1) is 10.00. The molecule has 1 aliphatic carbocycles. The lowest BCUT2D eigenvalue weighted by atomic mass is 9.90. The number of sulfone groups is 1. The molecular formula is C16H13FO3S. The summed E-state index contributed by atoms with van der Waals surface area (Å²) in [5, 5.41) is -1.09. The van der Waals surface area contributed by atoms with Gasteiger partial charge in [-0.3, -0.25) is 4.79 Å². The molecule has 0 amide bonds. The normalized spacial score (nSPS) is 18.3. The second-order valence-corrected chi connectivity index (χ2v) is 7.18. The number of aryl methyl sites for hydroxylation is 1. The molecule has 1 aliphatic rings. The van der Waals surface area contributed by atoms with Gasteiger partial charge in [-0.15, -0.1) is 0 Å². The Morgan fingerprint density at radius 3 is 2.38 bits per heavy atom. The summed E-state index contributed by atoms with van der Waals surface area (Å²) < 4.78 is 38.1. The lowest BCUT2D eigenvalue weighted by Gasteiger charge is -2.23. The number of ketones is 1. The van der Waals surface area contributed by atoms with Crippen molar-refractivity contribution in [2.24, 2.45) is 0 Å². The van der Waals surface area contributed by atoms with E-state index < -0.39 is 20.9 Å². The molecule has 2 aromatic rings. The second-order valence-electron chi connectivity index (χ2n) is 5.05. The number of carbonyl (C=O) groups is 1. The van der Waals surface area contributed by atoms with Crippen LogP contribution in [-0.2, 0) is 16.3 Å². The van der Waals surface area contributed by atoms with Gasteiger partial charge in [0, 0.05) is 5.56 Å². The Morgan fingerprint density at radius 1 is 1.00 bits per heavy atom. The first-order valence-electron chi connectivity index (χ1n) is 6.62. The molecule has 1 unspecified atom stereocenters. The molecule has 1 atom stereocenters. The number of carbonyl (C=O) groups excluding carboxylic acids is 1. The molecule has 21 heavy (non-hydrogen) atoms. The quantitative estimate of drug-likeness (QED) is 0.802. The molecule has 3 nitrogen and oxygen atoms in total. The van der Waals surface area contributed by atoms with Gasteiger partial charge in [-0.1, -0.05) is 24.3 Å². The standard InChI is InChI=1S/C16H13FO3S/c17-12-6-8-13(9-7-12)21(19,20)15-10-5-11-3-1-2-4-14(11)16(15)18/h1-4,6-9,15H,5,10H2. The minimum Gasteiger partial charge on any atom is -0.293 e. The lowest BCUT2D eigenvalue weighted by molar-refractivity contribution is 0.0976. The van der Waals surface area contributed by atoms with Crippen molar-refractivity contribution in [3.8, 4) is 0 Å². The monoisotopic (exact) mass is 304 g/mol. The Hall–Kier alpha value is -2.01. The van der Waals surface area contributed by atoms with E-state index in [-0.39, 0.29) is 17.1 Å². The summed E-state index contributed by atoms with van der Waals surface area (Å²) in [6, 6.07) is 11.7. The van der Waals surface area contributed by atoms with Crippen LogP contribution in [0.2, 0.25) is 0 Å². The highest BCUT2D eigenvalue weighted by Crippen LogP contribution is 2.29.